The predicted octanol–water partition coefficient (Wildman–Crippen LogP) is 0.863. The molecule has 0 fully saturated rings. The Morgan fingerprint density at radius 3 is 2.90 bits per heavy atom. The van der Waals surface area contributed by atoms with Crippen molar-refractivity contribution < 1.29 is 9.53 Å². The van der Waals surface area contributed by atoms with Gasteiger partial charge >= 0.3 is 0 Å². The number of rotatable bonds is 10. The Morgan fingerprint density at radius 2 is 2.15 bits per heavy atom. The summed E-state index contributed by atoms with van der Waals surface area (Å²) in [5.41, 5.74) is 0. The van der Waals surface area contributed by atoms with Crippen LogP contribution in [-0.4, -0.2) is 49.2 Å². The maximum Gasteiger partial charge on any atom is 0.224 e. The van der Waals surface area contributed by atoms with E-state index >= 15 is 0 Å². The Labute approximate surface area is 119 Å². The van der Waals surface area contributed by atoms with Crippen LogP contribution in [0.1, 0.15) is 19.8 Å². The maximum absolute atomic E-state index is 11.5. The number of aromatic nitrogens is 2. The number of nitrogens with zero attached hydrogens (tertiary/aromatic N) is 2. The third-order valence-corrected chi connectivity index (χ3v) is 2.48. The van der Waals surface area contributed by atoms with Gasteiger partial charge in [-0.2, -0.15) is 4.98 Å². The molecule has 3 N–H and O–H groups in total. The minimum atomic E-state index is -0.00654. The van der Waals surface area contributed by atoms with Crippen LogP contribution in [0.2, 0.25) is 0 Å². The molecule has 1 rings (SSSR count). The van der Waals surface area contributed by atoms with Crippen LogP contribution in [-0.2, 0) is 9.53 Å². The highest BCUT2D eigenvalue weighted by Gasteiger charge is 2.01. The Balaban J connectivity index is 2.25. The van der Waals surface area contributed by atoms with E-state index in [1.807, 2.05) is 0 Å². The van der Waals surface area contributed by atoms with Crippen LogP contribution in [0, 0.1) is 0 Å². The molecule has 0 saturated heterocycles. The quantitative estimate of drug-likeness (QED) is 0.551. The summed E-state index contributed by atoms with van der Waals surface area (Å²) in [6.45, 7) is 4.51. The molecule has 1 amide bonds. The molecule has 0 unspecified atom stereocenters. The lowest BCUT2D eigenvalue weighted by Crippen LogP contribution is -2.28. The number of nitrogens with one attached hydrogen (secondary N) is 3. The number of methoxy groups -OCH3 is 1. The minimum absolute atomic E-state index is 0.00654. The lowest BCUT2D eigenvalue weighted by Gasteiger charge is -2.08. The zero-order valence-corrected chi connectivity index (χ0v) is 12.1. The predicted molar refractivity (Wildman–Crippen MR) is 78.8 cm³/mol. The van der Waals surface area contributed by atoms with Gasteiger partial charge in [0, 0.05) is 39.4 Å². The van der Waals surface area contributed by atoms with Crippen LogP contribution in [0.5, 0.6) is 0 Å². The van der Waals surface area contributed by atoms with Gasteiger partial charge in [0.25, 0.3) is 0 Å². The SMILES string of the molecule is CCCNc1nccc(NCCC(=O)NCCOC)n1. The van der Waals surface area contributed by atoms with Gasteiger partial charge in [-0.1, -0.05) is 6.92 Å². The van der Waals surface area contributed by atoms with Gasteiger partial charge in [-0.3, -0.25) is 4.79 Å². The molecule has 0 atom stereocenters. The van der Waals surface area contributed by atoms with Gasteiger partial charge in [-0.15, -0.1) is 0 Å². The van der Waals surface area contributed by atoms with Crippen molar-refractivity contribution >= 4 is 17.7 Å². The molecule has 20 heavy (non-hydrogen) atoms. The average Bonchev–Trinajstić information content (AvgIpc) is 2.46. The van der Waals surface area contributed by atoms with Gasteiger partial charge in [0.15, 0.2) is 0 Å². The van der Waals surface area contributed by atoms with E-state index in [1.165, 1.54) is 0 Å². The fraction of sp³-hybridized carbons (Fsp3) is 0.615. The maximum atomic E-state index is 11.5. The van der Waals surface area contributed by atoms with Crippen molar-refractivity contribution in [3.63, 3.8) is 0 Å². The average molecular weight is 281 g/mol. The molecular weight excluding hydrogens is 258 g/mol. The van der Waals surface area contributed by atoms with Crippen LogP contribution in [0.4, 0.5) is 11.8 Å². The monoisotopic (exact) mass is 281 g/mol. The van der Waals surface area contributed by atoms with E-state index in [0.29, 0.717) is 37.9 Å². The lowest BCUT2D eigenvalue weighted by atomic mass is 10.4. The summed E-state index contributed by atoms with van der Waals surface area (Å²) in [5.74, 6) is 1.30. The summed E-state index contributed by atoms with van der Waals surface area (Å²) in [7, 11) is 1.60. The van der Waals surface area contributed by atoms with Gasteiger partial charge in [0.2, 0.25) is 11.9 Å². The second-order valence-electron chi connectivity index (χ2n) is 4.21. The highest BCUT2D eigenvalue weighted by atomic mass is 16.5. The standard InChI is InChI=1S/C13H23N5O2/c1-3-6-16-13-17-7-4-11(18-13)14-8-5-12(19)15-9-10-20-2/h4,7H,3,5-6,8-10H2,1-2H3,(H,15,19)(H2,14,16,17,18). The molecule has 0 bridgehead atoms. The Hall–Kier alpha value is -1.89. The topological polar surface area (TPSA) is 88.2 Å². The van der Waals surface area contributed by atoms with Crippen molar-refractivity contribution in [1.29, 1.82) is 0 Å². The molecule has 1 aromatic heterocycles. The number of carbonyl (C=O) groups excluding carboxylic acids is 1. The van der Waals surface area contributed by atoms with E-state index in [2.05, 4.69) is 32.8 Å². The lowest BCUT2D eigenvalue weighted by molar-refractivity contribution is -0.121. The van der Waals surface area contributed by atoms with E-state index in [1.54, 1.807) is 19.4 Å². The van der Waals surface area contributed by atoms with Crippen molar-refractivity contribution in [3.05, 3.63) is 12.3 Å². The van der Waals surface area contributed by atoms with Crippen molar-refractivity contribution in [2.45, 2.75) is 19.8 Å². The van der Waals surface area contributed by atoms with Gasteiger partial charge in [0.05, 0.1) is 6.61 Å². The van der Waals surface area contributed by atoms with Crippen LogP contribution in [0.15, 0.2) is 12.3 Å². The molecule has 0 aliphatic heterocycles. The van der Waals surface area contributed by atoms with Gasteiger partial charge in [-0.05, 0) is 12.5 Å². The first kappa shape index (κ1) is 16.2. The first-order valence-electron chi connectivity index (χ1n) is 6.82. The molecule has 0 spiro atoms. The molecule has 0 saturated carbocycles. The number of hydrogen-bond donors (Lipinski definition) is 3. The van der Waals surface area contributed by atoms with E-state index < -0.39 is 0 Å². The first-order valence-corrected chi connectivity index (χ1v) is 6.82. The molecule has 0 aliphatic carbocycles. The summed E-state index contributed by atoms with van der Waals surface area (Å²) < 4.78 is 4.86. The van der Waals surface area contributed by atoms with E-state index in [4.69, 9.17) is 4.74 Å². The molecule has 0 radical (unpaired) electrons. The molecule has 0 aliphatic rings. The third-order valence-electron chi connectivity index (χ3n) is 2.48. The van der Waals surface area contributed by atoms with Crippen LogP contribution < -0.4 is 16.0 Å². The first-order chi connectivity index (χ1) is 9.76. The van der Waals surface area contributed by atoms with Crippen molar-refractivity contribution in [1.82, 2.24) is 15.3 Å². The molecule has 7 heteroatoms. The van der Waals surface area contributed by atoms with E-state index in [-0.39, 0.29) is 5.91 Å². The Morgan fingerprint density at radius 1 is 1.30 bits per heavy atom. The number of hydrogen-bond acceptors (Lipinski definition) is 6. The molecular formula is C13H23N5O2. The zero-order valence-electron chi connectivity index (χ0n) is 12.1. The summed E-state index contributed by atoms with van der Waals surface area (Å²) in [4.78, 5) is 19.9. The fourth-order valence-corrected chi connectivity index (χ4v) is 1.46. The largest absolute Gasteiger partial charge is 0.383 e. The minimum Gasteiger partial charge on any atom is -0.383 e. The fourth-order valence-electron chi connectivity index (χ4n) is 1.46. The third kappa shape index (κ3) is 6.89. The van der Waals surface area contributed by atoms with E-state index in [0.717, 1.165) is 13.0 Å². The summed E-state index contributed by atoms with van der Waals surface area (Å²) >= 11 is 0. The van der Waals surface area contributed by atoms with Crippen molar-refractivity contribution in [3.8, 4) is 0 Å². The molecule has 1 heterocycles. The number of anilines is 2. The van der Waals surface area contributed by atoms with Gasteiger partial charge in [-0.25, -0.2) is 4.98 Å². The Kier molecular flexibility index (Phi) is 8.05. The molecule has 0 aromatic carbocycles. The number of carbonyl (C=O) groups is 1. The summed E-state index contributed by atoms with van der Waals surface area (Å²) in [5, 5.41) is 8.97. The molecule has 7 nitrogen and oxygen atoms in total. The highest BCUT2D eigenvalue weighted by Crippen LogP contribution is 2.05. The van der Waals surface area contributed by atoms with E-state index in [9.17, 15) is 4.79 Å². The van der Waals surface area contributed by atoms with Crippen LogP contribution >= 0.6 is 0 Å². The normalized spacial score (nSPS) is 10.1. The zero-order chi connectivity index (χ0) is 14.6. The number of amides is 1. The van der Waals surface area contributed by atoms with Crippen LogP contribution in [0.3, 0.4) is 0 Å². The second kappa shape index (κ2) is 9.96. The van der Waals surface area contributed by atoms with Gasteiger partial charge < -0.3 is 20.7 Å². The van der Waals surface area contributed by atoms with Crippen molar-refractivity contribution in [2.75, 3.05) is 44.0 Å². The van der Waals surface area contributed by atoms with Gasteiger partial charge in [0.1, 0.15) is 5.82 Å². The highest BCUT2D eigenvalue weighted by molar-refractivity contribution is 5.76. The molecule has 1 aromatic rings. The second-order valence-corrected chi connectivity index (χ2v) is 4.21. The Bertz CT molecular complexity index is 400. The molecule has 112 valence electrons. The number of ether oxygens (including phenoxy) is 1. The smallest absolute Gasteiger partial charge is 0.224 e. The summed E-state index contributed by atoms with van der Waals surface area (Å²) in [6.07, 6.45) is 3.10. The van der Waals surface area contributed by atoms with Crippen LogP contribution in [0.25, 0.3) is 0 Å². The summed E-state index contributed by atoms with van der Waals surface area (Å²) in [6, 6.07) is 1.78. The van der Waals surface area contributed by atoms with Crippen molar-refractivity contribution in [2.24, 2.45) is 0 Å².